The van der Waals surface area contributed by atoms with Crippen LogP contribution in [0.1, 0.15) is 24.0 Å². The number of hydrogen-bond donors (Lipinski definition) is 0. The van der Waals surface area contributed by atoms with Crippen LogP contribution in [0.15, 0.2) is 68.9 Å². The highest BCUT2D eigenvalue weighted by Crippen LogP contribution is 2.34. The van der Waals surface area contributed by atoms with Gasteiger partial charge in [0.2, 0.25) is 0 Å². The molecule has 0 unspecified atom stereocenters. The van der Waals surface area contributed by atoms with E-state index in [9.17, 15) is 14.9 Å². The lowest BCUT2D eigenvalue weighted by Gasteiger charge is -2.36. The van der Waals surface area contributed by atoms with Crippen molar-refractivity contribution in [3.05, 3.63) is 81.6 Å². The minimum absolute atomic E-state index is 0.0184. The summed E-state index contributed by atoms with van der Waals surface area (Å²) in [6, 6.07) is 11.6. The molecule has 0 radical (unpaired) electrons. The molecule has 0 spiro atoms. The SMILES string of the molecule is O=C(CN1CCN(c2ccc(Cl)cc2[N+](=O)[O-])CC1)N1N=C(c2ccco2)C[C@H]1c1ccco1. The minimum Gasteiger partial charge on any atom is -0.467 e. The topological polar surface area (TPSA) is 109 Å². The van der Waals surface area contributed by atoms with Crippen molar-refractivity contribution in [2.24, 2.45) is 5.10 Å². The van der Waals surface area contributed by atoms with Gasteiger partial charge in [0.1, 0.15) is 29.0 Å². The molecule has 1 amide bonds. The Kier molecular flexibility index (Phi) is 6.08. The fraction of sp³-hybridized carbons (Fsp3) is 0.304. The van der Waals surface area contributed by atoms with Gasteiger partial charge >= 0.3 is 0 Å². The fourth-order valence-electron chi connectivity index (χ4n) is 4.36. The van der Waals surface area contributed by atoms with Crippen molar-refractivity contribution in [2.75, 3.05) is 37.6 Å². The molecule has 34 heavy (non-hydrogen) atoms. The Morgan fingerprint density at radius 3 is 2.56 bits per heavy atom. The largest absolute Gasteiger partial charge is 0.467 e. The number of nitrogens with zero attached hydrogens (tertiary/aromatic N) is 5. The normalized spacial score (nSPS) is 18.9. The predicted octanol–water partition coefficient (Wildman–Crippen LogP) is 3.93. The summed E-state index contributed by atoms with van der Waals surface area (Å²) in [5.74, 6) is 1.15. The van der Waals surface area contributed by atoms with Crippen LogP contribution >= 0.6 is 11.6 Å². The van der Waals surface area contributed by atoms with Crippen LogP contribution < -0.4 is 4.90 Å². The minimum atomic E-state index is -0.423. The van der Waals surface area contributed by atoms with Crippen molar-refractivity contribution < 1.29 is 18.6 Å². The van der Waals surface area contributed by atoms with Gasteiger partial charge in [0.15, 0.2) is 0 Å². The highest BCUT2D eigenvalue weighted by Gasteiger charge is 2.36. The Bertz CT molecular complexity index is 1200. The van der Waals surface area contributed by atoms with Gasteiger partial charge in [-0.3, -0.25) is 19.8 Å². The van der Waals surface area contributed by atoms with E-state index in [1.807, 2.05) is 21.9 Å². The highest BCUT2D eigenvalue weighted by atomic mass is 35.5. The number of halogens is 1. The van der Waals surface area contributed by atoms with Gasteiger partial charge in [0, 0.05) is 43.7 Å². The Hall–Kier alpha value is -3.63. The number of nitro benzene ring substituents is 1. The molecule has 1 saturated heterocycles. The first kappa shape index (κ1) is 22.2. The molecule has 0 saturated carbocycles. The summed E-state index contributed by atoms with van der Waals surface area (Å²) >= 11 is 5.94. The van der Waals surface area contributed by atoms with E-state index in [0.29, 0.717) is 60.5 Å². The van der Waals surface area contributed by atoms with Crippen molar-refractivity contribution in [3.63, 3.8) is 0 Å². The van der Waals surface area contributed by atoms with Crippen LogP contribution in [0.4, 0.5) is 11.4 Å². The zero-order chi connectivity index (χ0) is 23.7. The first-order chi connectivity index (χ1) is 16.5. The molecule has 10 nitrogen and oxygen atoms in total. The van der Waals surface area contributed by atoms with Crippen LogP contribution in [-0.2, 0) is 4.79 Å². The van der Waals surface area contributed by atoms with Crippen LogP contribution in [-0.4, -0.2) is 59.2 Å². The summed E-state index contributed by atoms with van der Waals surface area (Å²) in [6.45, 7) is 2.46. The van der Waals surface area contributed by atoms with Crippen molar-refractivity contribution in [1.82, 2.24) is 9.91 Å². The number of benzene rings is 1. The average molecular weight is 484 g/mol. The second kappa shape index (κ2) is 9.32. The Morgan fingerprint density at radius 2 is 1.88 bits per heavy atom. The summed E-state index contributed by atoms with van der Waals surface area (Å²) in [5.41, 5.74) is 1.21. The van der Waals surface area contributed by atoms with E-state index in [2.05, 4.69) is 5.10 Å². The van der Waals surface area contributed by atoms with E-state index < -0.39 is 4.92 Å². The van der Waals surface area contributed by atoms with Crippen molar-refractivity contribution in [1.29, 1.82) is 0 Å². The number of piperazine rings is 1. The summed E-state index contributed by atoms with van der Waals surface area (Å²) in [5, 5.41) is 17.8. The zero-order valence-electron chi connectivity index (χ0n) is 18.2. The third kappa shape index (κ3) is 4.42. The van der Waals surface area contributed by atoms with E-state index in [1.54, 1.807) is 36.8 Å². The molecule has 0 N–H and O–H groups in total. The fourth-order valence-corrected chi connectivity index (χ4v) is 4.52. The first-order valence-electron chi connectivity index (χ1n) is 10.9. The van der Waals surface area contributed by atoms with Gasteiger partial charge in [-0.05, 0) is 36.4 Å². The standard InChI is InChI=1S/C23H22ClN5O5/c24-16-5-6-18(19(13-16)29(31)32)27-9-7-26(8-10-27)15-23(30)28-20(22-4-2-12-34-22)14-17(25-28)21-3-1-11-33-21/h1-6,11-13,20H,7-10,14-15H2/t20-/m0/s1. The maximum Gasteiger partial charge on any atom is 0.294 e. The monoisotopic (exact) mass is 483 g/mol. The van der Waals surface area contributed by atoms with Crippen molar-refractivity contribution >= 4 is 34.6 Å². The molecule has 5 rings (SSSR count). The molecule has 2 aliphatic rings. The van der Waals surface area contributed by atoms with E-state index in [4.69, 9.17) is 20.4 Å². The second-order valence-corrected chi connectivity index (χ2v) is 8.59. The van der Waals surface area contributed by atoms with Gasteiger partial charge in [0.05, 0.1) is 24.0 Å². The molecule has 176 valence electrons. The third-order valence-corrected chi connectivity index (χ3v) is 6.28. The van der Waals surface area contributed by atoms with E-state index >= 15 is 0 Å². The van der Waals surface area contributed by atoms with Gasteiger partial charge in [-0.2, -0.15) is 5.10 Å². The molecule has 3 aromatic rings. The second-order valence-electron chi connectivity index (χ2n) is 8.15. The number of anilines is 1. The van der Waals surface area contributed by atoms with Crippen LogP contribution in [0.5, 0.6) is 0 Å². The smallest absolute Gasteiger partial charge is 0.294 e. The lowest BCUT2D eigenvalue weighted by molar-refractivity contribution is -0.384. The third-order valence-electron chi connectivity index (χ3n) is 6.05. The predicted molar refractivity (Wildman–Crippen MR) is 125 cm³/mol. The molecule has 1 atom stereocenters. The van der Waals surface area contributed by atoms with Crippen LogP contribution in [0, 0.1) is 10.1 Å². The number of hydrazone groups is 1. The summed E-state index contributed by atoms with van der Waals surface area (Å²) in [7, 11) is 0. The van der Waals surface area contributed by atoms with Gasteiger partial charge in [-0.1, -0.05) is 11.6 Å². The maximum atomic E-state index is 13.3. The molecular weight excluding hydrogens is 462 g/mol. The van der Waals surface area contributed by atoms with Gasteiger partial charge in [0.25, 0.3) is 11.6 Å². The summed E-state index contributed by atoms with van der Waals surface area (Å²) < 4.78 is 11.1. The number of amides is 1. The molecule has 11 heteroatoms. The quantitative estimate of drug-likeness (QED) is 0.386. The van der Waals surface area contributed by atoms with Gasteiger partial charge in [-0.25, -0.2) is 5.01 Å². The Labute approximate surface area is 200 Å². The number of rotatable bonds is 6. The lowest BCUT2D eigenvalue weighted by Crippen LogP contribution is -2.49. The van der Waals surface area contributed by atoms with Crippen LogP contribution in [0.2, 0.25) is 5.02 Å². The van der Waals surface area contributed by atoms with E-state index in [-0.39, 0.29) is 24.2 Å². The molecular formula is C23H22ClN5O5. The van der Waals surface area contributed by atoms with Crippen molar-refractivity contribution in [2.45, 2.75) is 12.5 Å². The highest BCUT2D eigenvalue weighted by molar-refractivity contribution is 6.30. The molecule has 1 aromatic carbocycles. The summed E-state index contributed by atoms with van der Waals surface area (Å²) in [4.78, 5) is 28.3. The molecule has 0 bridgehead atoms. The number of carbonyl (C=O) groups is 1. The molecule has 0 aliphatic carbocycles. The summed E-state index contributed by atoms with van der Waals surface area (Å²) in [6.07, 6.45) is 3.66. The van der Waals surface area contributed by atoms with E-state index in [1.165, 1.54) is 11.1 Å². The zero-order valence-corrected chi connectivity index (χ0v) is 18.9. The lowest BCUT2D eigenvalue weighted by atomic mass is 10.1. The Balaban J connectivity index is 1.26. The average Bonchev–Trinajstić information content (AvgIpc) is 3.60. The van der Waals surface area contributed by atoms with Crippen molar-refractivity contribution in [3.8, 4) is 0 Å². The molecule has 1 fully saturated rings. The Morgan fingerprint density at radius 1 is 1.12 bits per heavy atom. The van der Waals surface area contributed by atoms with Gasteiger partial charge < -0.3 is 13.7 Å². The number of nitro groups is 1. The maximum absolute atomic E-state index is 13.3. The van der Waals surface area contributed by atoms with Crippen LogP contribution in [0.25, 0.3) is 0 Å². The molecule has 4 heterocycles. The van der Waals surface area contributed by atoms with Crippen LogP contribution in [0.3, 0.4) is 0 Å². The molecule has 2 aliphatic heterocycles. The van der Waals surface area contributed by atoms with Gasteiger partial charge in [-0.15, -0.1) is 0 Å². The molecule has 2 aromatic heterocycles. The number of carbonyl (C=O) groups excluding carboxylic acids is 1. The van der Waals surface area contributed by atoms with E-state index in [0.717, 1.165) is 0 Å². The number of hydrogen-bond acceptors (Lipinski definition) is 8. The first-order valence-corrected chi connectivity index (χ1v) is 11.3. The number of furan rings is 2.